The second-order valence-electron chi connectivity index (χ2n) is 2.67. The average molecular weight is 158 g/mol. The molecule has 66 valence electrons. The molecule has 0 rings (SSSR count). The molecule has 0 saturated carbocycles. The van der Waals surface area contributed by atoms with Crippen molar-refractivity contribution >= 4 is 6.41 Å². The molecule has 0 radical (unpaired) electrons. The first-order chi connectivity index (χ1) is 5.35. The van der Waals surface area contributed by atoms with E-state index in [9.17, 15) is 4.79 Å². The fourth-order valence-corrected chi connectivity index (χ4v) is 1.04. The lowest BCUT2D eigenvalue weighted by atomic mass is 10.1. The van der Waals surface area contributed by atoms with Gasteiger partial charge in [-0.05, 0) is 25.8 Å². The summed E-state index contributed by atoms with van der Waals surface area (Å²) < 4.78 is 0. The topological polar surface area (TPSA) is 55.1 Å². The molecule has 0 aromatic carbocycles. The standard InChI is InChI=1S/C8H18N2O/c1-2-8(10-7-11)5-3-4-6-9/h7-8H,2-6,9H2,1H3,(H,10,11). The van der Waals surface area contributed by atoms with E-state index in [4.69, 9.17) is 5.73 Å². The zero-order valence-electron chi connectivity index (χ0n) is 7.18. The fourth-order valence-electron chi connectivity index (χ4n) is 1.04. The van der Waals surface area contributed by atoms with Gasteiger partial charge in [-0.3, -0.25) is 4.79 Å². The van der Waals surface area contributed by atoms with Crippen molar-refractivity contribution in [1.29, 1.82) is 0 Å². The van der Waals surface area contributed by atoms with Gasteiger partial charge in [0.05, 0.1) is 0 Å². The van der Waals surface area contributed by atoms with Crippen molar-refractivity contribution in [3.8, 4) is 0 Å². The van der Waals surface area contributed by atoms with Crippen molar-refractivity contribution in [2.24, 2.45) is 5.73 Å². The van der Waals surface area contributed by atoms with Gasteiger partial charge in [-0.25, -0.2) is 0 Å². The lowest BCUT2D eigenvalue weighted by molar-refractivity contribution is -0.110. The summed E-state index contributed by atoms with van der Waals surface area (Å²) in [5, 5.41) is 2.77. The Bertz CT molecular complexity index is 96.1. The number of nitrogens with two attached hydrogens (primary N) is 1. The van der Waals surface area contributed by atoms with Gasteiger partial charge in [0.1, 0.15) is 0 Å². The molecule has 0 fully saturated rings. The summed E-state index contributed by atoms with van der Waals surface area (Å²) in [7, 11) is 0. The summed E-state index contributed by atoms with van der Waals surface area (Å²) in [4.78, 5) is 10.1. The first-order valence-electron chi connectivity index (χ1n) is 4.24. The molecule has 3 N–H and O–H groups in total. The number of nitrogens with one attached hydrogen (secondary N) is 1. The molecule has 3 nitrogen and oxygen atoms in total. The maximum Gasteiger partial charge on any atom is 0.207 e. The van der Waals surface area contributed by atoms with E-state index < -0.39 is 0 Å². The minimum absolute atomic E-state index is 0.346. The van der Waals surface area contributed by atoms with E-state index in [1.54, 1.807) is 0 Å². The van der Waals surface area contributed by atoms with Crippen LogP contribution in [0.15, 0.2) is 0 Å². The van der Waals surface area contributed by atoms with E-state index in [1.807, 2.05) is 0 Å². The molecule has 0 bridgehead atoms. The number of hydrogen-bond acceptors (Lipinski definition) is 2. The molecule has 3 heteroatoms. The van der Waals surface area contributed by atoms with Crippen LogP contribution in [0.3, 0.4) is 0 Å². The Hall–Kier alpha value is -0.570. The van der Waals surface area contributed by atoms with Gasteiger partial charge < -0.3 is 11.1 Å². The number of carbonyl (C=O) groups excluding carboxylic acids is 1. The number of carbonyl (C=O) groups is 1. The minimum Gasteiger partial charge on any atom is -0.356 e. The average Bonchev–Trinajstić information content (AvgIpc) is 2.03. The number of hydrogen-bond donors (Lipinski definition) is 2. The largest absolute Gasteiger partial charge is 0.356 e. The Labute approximate surface area is 68.3 Å². The molecule has 0 aliphatic heterocycles. The molecule has 0 spiro atoms. The quantitative estimate of drug-likeness (QED) is 0.422. The maximum absolute atomic E-state index is 10.1. The fraction of sp³-hybridized carbons (Fsp3) is 0.875. The summed E-state index contributed by atoms with van der Waals surface area (Å²) in [6.45, 7) is 2.82. The summed E-state index contributed by atoms with van der Waals surface area (Å²) >= 11 is 0. The molecular weight excluding hydrogens is 140 g/mol. The van der Waals surface area contributed by atoms with Crippen LogP contribution in [0.2, 0.25) is 0 Å². The van der Waals surface area contributed by atoms with Crippen molar-refractivity contribution in [3.63, 3.8) is 0 Å². The van der Waals surface area contributed by atoms with Crippen molar-refractivity contribution < 1.29 is 4.79 Å². The van der Waals surface area contributed by atoms with Gasteiger partial charge in [0.2, 0.25) is 6.41 Å². The molecule has 0 aromatic heterocycles. The first kappa shape index (κ1) is 10.4. The predicted octanol–water partition coefficient (Wildman–Crippen LogP) is 0.640. The summed E-state index contributed by atoms with van der Waals surface area (Å²) in [5.41, 5.74) is 5.34. The summed E-state index contributed by atoms with van der Waals surface area (Å²) in [6.07, 6.45) is 4.99. The van der Waals surface area contributed by atoms with Crippen LogP contribution >= 0.6 is 0 Å². The molecule has 0 aromatic rings. The van der Waals surface area contributed by atoms with E-state index >= 15 is 0 Å². The Morgan fingerprint density at radius 1 is 1.55 bits per heavy atom. The van der Waals surface area contributed by atoms with Crippen LogP contribution in [0.4, 0.5) is 0 Å². The van der Waals surface area contributed by atoms with Gasteiger partial charge in [-0.2, -0.15) is 0 Å². The Kier molecular flexibility index (Phi) is 7.15. The van der Waals surface area contributed by atoms with Crippen molar-refractivity contribution in [2.75, 3.05) is 6.54 Å². The molecule has 0 aliphatic rings. The highest BCUT2D eigenvalue weighted by atomic mass is 16.1. The van der Waals surface area contributed by atoms with E-state index in [-0.39, 0.29) is 0 Å². The Morgan fingerprint density at radius 3 is 2.73 bits per heavy atom. The van der Waals surface area contributed by atoms with Crippen LogP contribution in [0.1, 0.15) is 32.6 Å². The third kappa shape index (κ3) is 5.85. The molecular formula is C8H18N2O. The molecule has 1 amide bonds. The molecule has 1 atom stereocenters. The predicted molar refractivity (Wildman–Crippen MR) is 46.2 cm³/mol. The molecule has 0 aliphatic carbocycles. The van der Waals surface area contributed by atoms with Gasteiger partial charge in [0.25, 0.3) is 0 Å². The minimum atomic E-state index is 0.346. The maximum atomic E-state index is 10.1. The highest BCUT2D eigenvalue weighted by molar-refractivity contribution is 5.46. The van der Waals surface area contributed by atoms with E-state index in [0.29, 0.717) is 6.04 Å². The van der Waals surface area contributed by atoms with Gasteiger partial charge >= 0.3 is 0 Å². The summed E-state index contributed by atoms with van der Waals surface area (Å²) in [5.74, 6) is 0. The SMILES string of the molecule is CCC(CCCCN)NC=O. The van der Waals surface area contributed by atoms with E-state index in [1.165, 1.54) is 0 Å². The van der Waals surface area contributed by atoms with Crippen LogP contribution in [0.25, 0.3) is 0 Å². The molecule has 11 heavy (non-hydrogen) atoms. The van der Waals surface area contributed by atoms with Crippen LogP contribution in [-0.4, -0.2) is 19.0 Å². The van der Waals surface area contributed by atoms with Gasteiger partial charge in [0, 0.05) is 6.04 Å². The van der Waals surface area contributed by atoms with Crippen molar-refractivity contribution in [2.45, 2.75) is 38.6 Å². The number of unbranched alkanes of at least 4 members (excludes halogenated alkanes) is 1. The van der Waals surface area contributed by atoms with Gasteiger partial charge in [-0.1, -0.05) is 13.3 Å². The third-order valence-corrected chi connectivity index (χ3v) is 1.80. The van der Waals surface area contributed by atoms with Gasteiger partial charge in [0.15, 0.2) is 0 Å². The van der Waals surface area contributed by atoms with Gasteiger partial charge in [-0.15, -0.1) is 0 Å². The zero-order valence-corrected chi connectivity index (χ0v) is 7.18. The third-order valence-electron chi connectivity index (χ3n) is 1.80. The van der Waals surface area contributed by atoms with E-state index in [0.717, 1.165) is 38.6 Å². The normalized spacial score (nSPS) is 12.5. The lowest BCUT2D eigenvalue weighted by Gasteiger charge is -2.12. The van der Waals surface area contributed by atoms with Crippen LogP contribution in [0, 0.1) is 0 Å². The van der Waals surface area contributed by atoms with Crippen molar-refractivity contribution in [1.82, 2.24) is 5.32 Å². The van der Waals surface area contributed by atoms with Crippen molar-refractivity contribution in [3.05, 3.63) is 0 Å². The molecule has 1 unspecified atom stereocenters. The van der Waals surface area contributed by atoms with E-state index in [2.05, 4.69) is 12.2 Å². The van der Waals surface area contributed by atoms with Crippen LogP contribution in [0.5, 0.6) is 0 Å². The molecule has 0 saturated heterocycles. The lowest BCUT2D eigenvalue weighted by Crippen LogP contribution is -2.26. The smallest absolute Gasteiger partial charge is 0.207 e. The van der Waals surface area contributed by atoms with Crippen LogP contribution < -0.4 is 11.1 Å². The monoisotopic (exact) mass is 158 g/mol. The summed E-state index contributed by atoms with van der Waals surface area (Å²) in [6, 6.07) is 0.346. The number of rotatable bonds is 7. The second kappa shape index (κ2) is 7.54. The highest BCUT2D eigenvalue weighted by Gasteiger charge is 2.02. The zero-order chi connectivity index (χ0) is 8.53. The Balaban J connectivity index is 3.27. The number of amides is 1. The highest BCUT2D eigenvalue weighted by Crippen LogP contribution is 2.02. The first-order valence-corrected chi connectivity index (χ1v) is 4.24. The van der Waals surface area contributed by atoms with Crippen LogP contribution in [-0.2, 0) is 4.79 Å². The second-order valence-corrected chi connectivity index (χ2v) is 2.67. The Morgan fingerprint density at radius 2 is 2.27 bits per heavy atom. The molecule has 0 heterocycles.